The molecule has 0 aromatic heterocycles. The van der Waals surface area contributed by atoms with Gasteiger partial charge in [0.05, 0.1) is 12.2 Å². The molecule has 0 saturated heterocycles. The van der Waals surface area contributed by atoms with Crippen LogP contribution < -0.4 is 5.01 Å². The summed E-state index contributed by atoms with van der Waals surface area (Å²) in [6.07, 6.45) is 0. The summed E-state index contributed by atoms with van der Waals surface area (Å²) in [5, 5.41) is 4.84. The van der Waals surface area contributed by atoms with Crippen molar-refractivity contribution in [3.05, 3.63) is 138 Å². The molecule has 0 bridgehead atoms. The first-order chi connectivity index (χ1) is 14.4. The molecule has 29 heavy (non-hydrogen) atoms. The molecule has 0 radical (unpaired) electrons. The van der Waals surface area contributed by atoms with Crippen molar-refractivity contribution in [1.82, 2.24) is 5.01 Å². The molecule has 0 aliphatic heterocycles. The number of hydrogen-bond acceptors (Lipinski definition) is 2. The van der Waals surface area contributed by atoms with Crippen LogP contribution in [0.5, 0.6) is 0 Å². The lowest BCUT2D eigenvalue weighted by molar-refractivity contribution is 0.227. The van der Waals surface area contributed by atoms with Crippen LogP contribution in [0, 0.1) is 0 Å². The van der Waals surface area contributed by atoms with Crippen molar-refractivity contribution in [2.24, 2.45) is 0 Å². The average Bonchev–Trinajstić information content (AvgIpc) is 2.80. The monoisotopic (exact) mass is 378 g/mol. The molecule has 4 rings (SSSR count). The minimum absolute atomic E-state index is 0.824. The normalized spacial score (nSPS) is 10.8. The molecule has 4 aromatic rings. The Morgan fingerprint density at radius 2 is 0.724 bits per heavy atom. The summed E-state index contributed by atoms with van der Waals surface area (Å²) >= 11 is 0. The van der Waals surface area contributed by atoms with Crippen molar-refractivity contribution in [3.8, 4) is 0 Å². The number of hydrazine groups is 1. The number of rotatable bonds is 8. The van der Waals surface area contributed by atoms with Gasteiger partial charge in [-0.15, -0.1) is 0 Å². The van der Waals surface area contributed by atoms with E-state index in [1.807, 2.05) is 0 Å². The van der Waals surface area contributed by atoms with Gasteiger partial charge in [-0.05, 0) is 28.8 Å². The Balaban J connectivity index is 1.69. The van der Waals surface area contributed by atoms with Crippen LogP contribution in [0.3, 0.4) is 0 Å². The van der Waals surface area contributed by atoms with Gasteiger partial charge in [0, 0.05) is 13.1 Å². The smallest absolute Gasteiger partial charge is 0.0597 e. The van der Waals surface area contributed by atoms with E-state index in [1.54, 1.807) is 0 Å². The van der Waals surface area contributed by atoms with Gasteiger partial charge < -0.3 is 5.01 Å². The highest BCUT2D eigenvalue weighted by atomic mass is 15.6. The fourth-order valence-corrected chi connectivity index (χ4v) is 3.53. The molecule has 0 fully saturated rings. The van der Waals surface area contributed by atoms with E-state index >= 15 is 0 Å². The highest BCUT2D eigenvalue weighted by Gasteiger charge is 2.18. The third kappa shape index (κ3) is 5.34. The zero-order chi connectivity index (χ0) is 19.7. The fraction of sp³-hybridized carbons (Fsp3) is 0.111. The first-order valence-electron chi connectivity index (χ1n) is 10.1. The molecule has 0 atom stereocenters. The molecule has 0 spiro atoms. The number of benzene rings is 4. The van der Waals surface area contributed by atoms with Gasteiger partial charge in [0.2, 0.25) is 0 Å². The SMILES string of the molecule is c1ccc(CN(Cc2ccccc2)N(Cc2ccccc2)c2ccccc2)cc1. The van der Waals surface area contributed by atoms with Crippen LogP contribution in [0.15, 0.2) is 121 Å². The van der Waals surface area contributed by atoms with E-state index < -0.39 is 0 Å². The van der Waals surface area contributed by atoms with Crippen LogP contribution in [0.4, 0.5) is 5.69 Å². The summed E-state index contributed by atoms with van der Waals surface area (Å²) in [6, 6.07) is 42.7. The van der Waals surface area contributed by atoms with E-state index in [2.05, 4.69) is 131 Å². The molecule has 144 valence electrons. The van der Waals surface area contributed by atoms with Crippen molar-refractivity contribution in [2.75, 3.05) is 5.01 Å². The van der Waals surface area contributed by atoms with Gasteiger partial charge in [0.25, 0.3) is 0 Å². The second-order valence-electron chi connectivity index (χ2n) is 7.17. The van der Waals surface area contributed by atoms with Crippen LogP contribution in [0.1, 0.15) is 16.7 Å². The van der Waals surface area contributed by atoms with Crippen molar-refractivity contribution in [2.45, 2.75) is 19.6 Å². The van der Waals surface area contributed by atoms with E-state index in [1.165, 1.54) is 22.4 Å². The fourth-order valence-electron chi connectivity index (χ4n) is 3.53. The molecule has 0 aliphatic carbocycles. The Morgan fingerprint density at radius 3 is 1.14 bits per heavy atom. The Bertz CT molecular complexity index is 928. The quantitative estimate of drug-likeness (QED) is 0.331. The van der Waals surface area contributed by atoms with Gasteiger partial charge in [-0.25, -0.2) is 5.01 Å². The number of nitrogens with zero attached hydrogens (tertiary/aromatic N) is 2. The van der Waals surface area contributed by atoms with Gasteiger partial charge >= 0.3 is 0 Å². The number of para-hydroxylation sites is 1. The molecule has 0 amide bonds. The van der Waals surface area contributed by atoms with Crippen molar-refractivity contribution in [1.29, 1.82) is 0 Å². The van der Waals surface area contributed by atoms with E-state index in [9.17, 15) is 0 Å². The van der Waals surface area contributed by atoms with Crippen molar-refractivity contribution in [3.63, 3.8) is 0 Å². The molecule has 0 N–H and O–H groups in total. The van der Waals surface area contributed by atoms with Crippen LogP contribution >= 0.6 is 0 Å². The molecule has 0 heterocycles. The minimum Gasteiger partial charge on any atom is -0.301 e. The second-order valence-corrected chi connectivity index (χ2v) is 7.17. The summed E-state index contributed by atoms with van der Waals surface area (Å²) in [7, 11) is 0. The van der Waals surface area contributed by atoms with E-state index in [0.717, 1.165) is 19.6 Å². The van der Waals surface area contributed by atoms with Gasteiger partial charge in [0.15, 0.2) is 0 Å². The Kier molecular flexibility index (Phi) is 6.36. The third-order valence-electron chi connectivity index (χ3n) is 4.99. The van der Waals surface area contributed by atoms with Crippen molar-refractivity contribution >= 4 is 5.69 Å². The van der Waals surface area contributed by atoms with Crippen LogP contribution in [0.2, 0.25) is 0 Å². The molecular weight excluding hydrogens is 352 g/mol. The van der Waals surface area contributed by atoms with Crippen molar-refractivity contribution < 1.29 is 0 Å². The van der Waals surface area contributed by atoms with Gasteiger partial charge in [-0.3, -0.25) is 0 Å². The highest BCUT2D eigenvalue weighted by Crippen LogP contribution is 2.23. The van der Waals surface area contributed by atoms with Crippen LogP contribution in [-0.2, 0) is 19.6 Å². The van der Waals surface area contributed by atoms with Gasteiger partial charge in [0.1, 0.15) is 0 Å². The lowest BCUT2D eigenvalue weighted by Gasteiger charge is -2.37. The van der Waals surface area contributed by atoms with E-state index in [4.69, 9.17) is 0 Å². The lowest BCUT2D eigenvalue weighted by Crippen LogP contribution is -2.41. The van der Waals surface area contributed by atoms with Gasteiger partial charge in [-0.2, -0.15) is 0 Å². The minimum atomic E-state index is 0.824. The summed E-state index contributed by atoms with van der Waals surface area (Å²) < 4.78 is 0. The topological polar surface area (TPSA) is 6.48 Å². The largest absolute Gasteiger partial charge is 0.301 e. The zero-order valence-electron chi connectivity index (χ0n) is 16.6. The molecule has 0 saturated carbocycles. The average molecular weight is 379 g/mol. The lowest BCUT2D eigenvalue weighted by atomic mass is 10.1. The predicted octanol–water partition coefficient (Wildman–Crippen LogP) is 6.31. The maximum atomic E-state index is 2.44. The Labute approximate surface area is 173 Å². The standard InChI is InChI=1S/C27H26N2/c1-5-13-24(14-6-1)21-28(22-25-15-7-2-8-16-25)29(27-19-11-4-12-20-27)23-26-17-9-3-10-18-26/h1-20H,21-23H2. The number of anilines is 1. The van der Waals surface area contributed by atoms with E-state index in [-0.39, 0.29) is 0 Å². The highest BCUT2D eigenvalue weighted by molar-refractivity contribution is 5.46. The van der Waals surface area contributed by atoms with Crippen LogP contribution in [0.25, 0.3) is 0 Å². The maximum absolute atomic E-state index is 2.44. The first kappa shape index (κ1) is 19.0. The Morgan fingerprint density at radius 1 is 0.379 bits per heavy atom. The first-order valence-corrected chi connectivity index (χ1v) is 10.1. The summed E-state index contributed by atoms with van der Waals surface area (Å²) in [4.78, 5) is 0. The maximum Gasteiger partial charge on any atom is 0.0597 e. The molecule has 0 aliphatic rings. The second kappa shape index (κ2) is 9.72. The summed E-state index contributed by atoms with van der Waals surface area (Å²) in [5.74, 6) is 0. The molecule has 4 aromatic carbocycles. The third-order valence-corrected chi connectivity index (χ3v) is 4.99. The predicted molar refractivity (Wildman–Crippen MR) is 121 cm³/mol. The molecule has 0 unspecified atom stereocenters. The molecule has 2 nitrogen and oxygen atoms in total. The van der Waals surface area contributed by atoms with Crippen LogP contribution in [-0.4, -0.2) is 5.01 Å². The summed E-state index contributed by atoms with van der Waals surface area (Å²) in [5.41, 5.74) is 5.10. The van der Waals surface area contributed by atoms with Gasteiger partial charge in [-0.1, -0.05) is 109 Å². The molecular formula is C27H26N2. The number of hydrogen-bond donors (Lipinski definition) is 0. The van der Waals surface area contributed by atoms with E-state index in [0.29, 0.717) is 0 Å². The Hall–Kier alpha value is -3.36. The molecule has 2 heteroatoms. The summed E-state index contributed by atoms with van der Waals surface area (Å²) in [6.45, 7) is 2.51. The zero-order valence-corrected chi connectivity index (χ0v) is 16.6.